The molecule has 0 aromatic carbocycles. The molecule has 18 heavy (non-hydrogen) atoms. The Morgan fingerprint density at radius 2 is 2.22 bits per heavy atom. The summed E-state index contributed by atoms with van der Waals surface area (Å²) in [7, 11) is 2.12. The first kappa shape index (κ1) is 13.6. The predicted octanol–water partition coefficient (Wildman–Crippen LogP) is 3.22. The van der Waals surface area contributed by atoms with Crippen LogP contribution in [0.4, 0.5) is 5.82 Å². The number of rotatable bonds is 5. The maximum atomic E-state index is 6.19. The molecule has 0 bridgehead atoms. The molecule has 1 aromatic heterocycles. The standard InChI is InChI=1S/C14H22ClN3/c1-10(2)16-8-11-7-14(17-9-13(11)15)18(3)12-5-4-6-12/h7,9-10,12,16H,4-6,8H2,1-3H3. The van der Waals surface area contributed by atoms with E-state index in [-0.39, 0.29) is 0 Å². The number of nitrogens with zero attached hydrogens (tertiary/aromatic N) is 2. The Morgan fingerprint density at radius 3 is 2.78 bits per heavy atom. The number of pyridine rings is 1. The minimum atomic E-state index is 0.460. The van der Waals surface area contributed by atoms with Crippen molar-refractivity contribution in [1.82, 2.24) is 10.3 Å². The molecular formula is C14H22ClN3. The first-order valence-corrected chi connectivity index (χ1v) is 7.06. The molecule has 2 rings (SSSR count). The summed E-state index contributed by atoms with van der Waals surface area (Å²) >= 11 is 6.19. The van der Waals surface area contributed by atoms with Crippen molar-refractivity contribution in [3.8, 4) is 0 Å². The molecule has 0 atom stereocenters. The third-order valence-corrected chi connectivity index (χ3v) is 3.95. The zero-order valence-electron chi connectivity index (χ0n) is 11.4. The topological polar surface area (TPSA) is 28.2 Å². The molecule has 1 heterocycles. The van der Waals surface area contributed by atoms with E-state index in [1.54, 1.807) is 6.20 Å². The van der Waals surface area contributed by atoms with E-state index in [2.05, 4.69) is 42.2 Å². The first-order valence-electron chi connectivity index (χ1n) is 6.68. The third-order valence-electron chi connectivity index (χ3n) is 3.60. The molecule has 1 aromatic rings. The average molecular weight is 268 g/mol. The van der Waals surface area contributed by atoms with Crippen molar-refractivity contribution in [2.24, 2.45) is 0 Å². The van der Waals surface area contributed by atoms with E-state index in [9.17, 15) is 0 Å². The lowest BCUT2D eigenvalue weighted by Crippen LogP contribution is -2.37. The maximum Gasteiger partial charge on any atom is 0.128 e. The average Bonchev–Trinajstić information content (AvgIpc) is 2.25. The van der Waals surface area contributed by atoms with Gasteiger partial charge >= 0.3 is 0 Å². The summed E-state index contributed by atoms with van der Waals surface area (Å²) in [5.41, 5.74) is 1.13. The van der Waals surface area contributed by atoms with Crippen LogP contribution in [0.5, 0.6) is 0 Å². The second-order valence-corrected chi connectivity index (χ2v) is 5.77. The maximum absolute atomic E-state index is 6.19. The van der Waals surface area contributed by atoms with Gasteiger partial charge in [-0.05, 0) is 30.9 Å². The van der Waals surface area contributed by atoms with Gasteiger partial charge in [0.05, 0.1) is 5.02 Å². The van der Waals surface area contributed by atoms with Gasteiger partial charge in [0.1, 0.15) is 5.82 Å². The zero-order valence-corrected chi connectivity index (χ0v) is 12.2. The molecule has 0 radical (unpaired) electrons. The molecule has 0 aliphatic heterocycles. The SMILES string of the molecule is CC(C)NCc1cc(N(C)C2CCC2)ncc1Cl. The molecule has 0 amide bonds. The number of nitrogens with one attached hydrogen (secondary N) is 1. The molecular weight excluding hydrogens is 246 g/mol. The van der Waals surface area contributed by atoms with Crippen LogP contribution in [-0.4, -0.2) is 24.1 Å². The van der Waals surface area contributed by atoms with Crippen LogP contribution in [-0.2, 0) is 6.54 Å². The van der Waals surface area contributed by atoms with Crippen LogP contribution in [0, 0.1) is 0 Å². The van der Waals surface area contributed by atoms with E-state index in [0.717, 1.165) is 22.9 Å². The van der Waals surface area contributed by atoms with Gasteiger partial charge in [-0.1, -0.05) is 25.4 Å². The number of aromatic nitrogens is 1. The van der Waals surface area contributed by atoms with Crippen molar-refractivity contribution in [1.29, 1.82) is 0 Å². The van der Waals surface area contributed by atoms with Crippen molar-refractivity contribution < 1.29 is 0 Å². The lowest BCUT2D eigenvalue weighted by molar-refractivity contribution is 0.399. The van der Waals surface area contributed by atoms with Crippen molar-refractivity contribution in [2.75, 3.05) is 11.9 Å². The number of halogens is 1. The van der Waals surface area contributed by atoms with Crippen LogP contribution in [0.15, 0.2) is 12.3 Å². The predicted molar refractivity (Wildman–Crippen MR) is 77.3 cm³/mol. The Hall–Kier alpha value is -0.800. The molecule has 0 unspecified atom stereocenters. The molecule has 4 heteroatoms. The van der Waals surface area contributed by atoms with Gasteiger partial charge in [0.15, 0.2) is 0 Å². The summed E-state index contributed by atoms with van der Waals surface area (Å²) in [5.74, 6) is 1.03. The molecule has 0 spiro atoms. The van der Waals surface area contributed by atoms with Gasteiger partial charge < -0.3 is 10.2 Å². The highest BCUT2D eigenvalue weighted by Crippen LogP contribution is 2.28. The quantitative estimate of drug-likeness (QED) is 0.888. The molecule has 1 saturated carbocycles. The fourth-order valence-corrected chi connectivity index (χ4v) is 2.24. The lowest BCUT2D eigenvalue weighted by atomic mass is 9.92. The zero-order chi connectivity index (χ0) is 13.1. The van der Waals surface area contributed by atoms with Crippen LogP contribution in [0.1, 0.15) is 38.7 Å². The van der Waals surface area contributed by atoms with E-state index in [4.69, 9.17) is 11.6 Å². The van der Waals surface area contributed by atoms with Crippen LogP contribution < -0.4 is 10.2 Å². The first-order chi connectivity index (χ1) is 8.58. The fourth-order valence-electron chi connectivity index (χ4n) is 2.07. The van der Waals surface area contributed by atoms with Crippen LogP contribution in [0.25, 0.3) is 0 Å². The molecule has 3 nitrogen and oxygen atoms in total. The van der Waals surface area contributed by atoms with Gasteiger partial charge in [-0.2, -0.15) is 0 Å². The summed E-state index contributed by atoms with van der Waals surface area (Å²) in [6, 6.07) is 3.22. The highest BCUT2D eigenvalue weighted by atomic mass is 35.5. The Labute approximate surface area is 115 Å². The van der Waals surface area contributed by atoms with Gasteiger partial charge in [-0.3, -0.25) is 0 Å². The van der Waals surface area contributed by atoms with E-state index in [1.807, 2.05) is 0 Å². The Bertz CT molecular complexity index is 402. The van der Waals surface area contributed by atoms with Crippen LogP contribution >= 0.6 is 11.6 Å². The van der Waals surface area contributed by atoms with Gasteiger partial charge in [0.25, 0.3) is 0 Å². The van der Waals surface area contributed by atoms with Crippen LogP contribution in [0.3, 0.4) is 0 Å². The largest absolute Gasteiger partial charge is 0.357 e. The molecule has 1 aliphatic rings. The summed E-state index contributed by atoms with van der Waals surface area (Å²) in [6.45, 7) is 5.07. The summed E-state index contributed by atoms with van der Waals surface area (Å²) in [4.78, 5) is 6.71. The minimum Gasteiger partial charge on any atom is -0.357 e. The normalized spacial score (nSPS) is 15.8. The van der Waals surface area contributed by atoms with Crippen molar-refractivity contribution >= 4 is 17.4 Å². The highest BCUT2D eigenvalue weighted by Gasteiger charge is 2.23. The lowest BCUT2D eigenvalue weighted by Gasteiger charge is -2.35. The second-order valence-electron chi connectivity index (χ2n) is 5.37. The number of hydrogen-bond acceptors (Lipinski definition) is 3. The van der Waals surface area contributed by atoms with Gasteiger partial charge in [0, 0.05) is 31.9 Å². The van der Waals surface area contributed by atoms with E-state index >= 15 is 0 Å². The van der Waals surface area contributed by atoms with E-state index in [0.29, 0.717) is 12.1 Å². The van der Waals surface area contributed by atoms with Crippen molar-refractivity contribution in [3.63, 3.8) is 0 Å². The Morgan fingerprint density at radius 1 is 1.50 bits per heavy atom. The highest BCUT2D eigenvalue weighted by molar-refractivity contribution is 6.31. The van der Waals surface area contributed by atoms with Crippen molar-refractivity contribution in [3.05, 3.63) is 22.8 Å². The summed E-state index contributed by atoms with van der Waals surface area (Å²) in [5, 5.41) is 4.14. The second kappa shape index (κ2) is 5.89. The monoisotopic (exact) mass is 267 g/mol. The molecule has 100 valence electrons. The van der Waals surface area contributed by atoms with Crippen molar-refractivity contribution in [2.45, 2.75) is 51.7 Å². The minimum absolute atomic E-state index is 0.460. The van der Waals surface area contributed by atoms with Gasteiger partial charge in [-0.25, -0.2) is 4.98 Å². The molecule has 0 saturated heterocycles. The molecule has 1 fully saturated rings. The Kier molecular flexibility index (Phi) is 4.46. The summed E-state index contributed by atoms with van der Waals surface area (Å²) in [6.07, 6.45) is 5.66. The number of hydrogen-bond donors (Lipinski definition) is 1. The molecule has 1 aliphatic carbocycles. The summed E-state index contributed by atoms with van der Waals surface area (Å²) < 4.78 is 0. The van der Waals surface area contributed by atoms with Gasteiger partial charge in [-0.15, -0.1) is 0 Å². The molecule has 1 N–H and O–H groups in total. The smallest absolute Gasteiger partial charge is 0.128 e. The van der Waals surface area contributed by atoms with E-state index in [1.165, 1.54) is 19.3 Å². The Balaban J connectivity index is 2.09. The third kappa shape index (κ3) is 3.15. The van der Waals surface area contributed by atoms with E-state index < -0.39 is 0 Å². The number of anilines is 1. The fraction of sp³-hybridized carbons (Fsp3) is 0.643. The van der Waals surface area contributed by atoms with Crippen LogP contribution in [0.2, 0.25) is 5.02 Å². The van der Waals surface area contributed by atoms with Gasteiger partial charge in [0.2, 0.25) is 0 Å².